The van der Waals surface area contributed by atoms with Crippen LogP contribution in [0.25, 0.3) is 0 Å². The van der Waals surface area contributed by atoms with Crippen LogP contribution in [0, 0.1) is 11.8 Å². The number of nitrogens with zero attached hydrogens (tertiary/aromatic N) is 2. The van der Waals surface area contributed by atoms with Crippen LogP contribution in [0.15, 0.2) is 53.5 Å². The van der Waals surface area contributed by atoms with Crippen molar-refractivity contribution >= 4 is 33.4 Å². The predicted molar refractivity (Wildman–Crippen MR) is 282 cm³/mol. The predicted octanol–water partition coefficient (Wildman–Crippen LogP) is 7.94. The number of anilines is 1. The Labute approximate surface area is 443 Å². The Hall–Kier alpha value is -3.14. The van der Waals surface area contributed by atoms with Crippen LogP contribution in [-0.2, 0) is 46.3 Å². The molecule has 1 aromatic rings. The van der Waals surface area contributed by atoms with Gasteiger partial charge in [-0.05, 0) is 63.9 Å². The van der Waals surface area contributed by atoms with Crippen LogP contribution in [0.1, 0.15) is 181 Å². The Kier molecular flexibility index (Phi) is 32.5. The van der Waals surface area contributed by atoms with Crippen LogP contribution in [0.4, 0.5) is 5.82 Å². The van der Waals surface area contributed by atoms with E-state index in [1.165, 1.54) is 43.7 Å². The number of allylic oxidation sites excluding steroid dienone is 4. The van der Waals surface area contributed by atoms with Crippen LogP contribution in [0.5, 0.6) is 0 Å². The van der Waals surface area contributed by atoms with Crippen molar-refractivity contribution in [2.24, 2.45) is 11.8 Å². The van der Waals surface area contributed by atoms with Crippen LogP contribution in [0.2, 0.25) is 0 Å². The first-order valence-electron chi connectivity index (χ1n) is 27.3. The van der Waals surface area contributed by atoms with E-state index in [0.29, 0.717) is 44.9 Å². The number of phosphoric ester groups is 2. The van der Waals surface area contributed by atoms with E-state index in [1.54, 1.807) is 0 Å². The molecule has 1 aromatic heterocycles. The van der Waals surface area contributed by atoms with Crippen molar-refractivity contribution in [2.45, 2.75) is 223 Å². The summed E-state index contributed by atoms with van der Waals surface area (Å²) >= 11 is 0. The minimum absolute atomic E-state index is 0.0782. The third-order valence-electron chi connectivity index (χ3n) is 13.3. The molecule has 430 valence electrons. The SMILES string of the molecule is CCCCC/C=C\C/C=C\CCCCCCCCCC(=O)OC[C@@H]1COP(=O)(O)OP(=O)(O)OC[C@H]2O[C@@H](n3ccc(N)nc3=O)[C@@H](CCCCCCC(=O)O1)[C@@H](O)C[C@@H](O)[C@H](/C=C\[C@@H](O)CCCCC)[C@H](O)[C@@H]2O. The molecule has 2 aliphatic heterocycles. The van der Waals surface area contributed by atoms with Crippen molar-refractivity contribution in [3.63, 3.8) is 0 Å². The molecule has 0 spiro atoms. The number of nitrogen functional groups attached to an aromatic ring is 1. The molecule has 23 heteroatoms. The molecule has 0 aliphatic carbocycles. The lowest BCUT2D eigenvalue weighted by molar-refractivity contribution is -0.195. The quantitative estimate of drug-likeness (QED) is 0.0199. The minimum atomic E-state index is -5.70. The number of carbonyl (C=O) groups is 2. The van der Waals surface area contributed by atoms with E-state index in [-0.39, 0.29) is 25.1 Å². The second-order valence-electron chi connectivity index (χ2n) is 19.7. The Morgan fingerprint density at radius 1 is 0.827 bits per heavy atom. The van der Waals surface area contributed by atoms with Gasteiger partial charge in [-0.3, -0.25) is 23.2 Å². The molecule has 3 rings (SSSR count). The fraction of sp³-hybridized carbons (Fsp3) is 0.769. The number of hydrogen-bond donors (Lipinski definition) is 8. The molecule has 12 atom stereocenters. The van der Waals surface area contributed by atoms with Crippen molar-refractivity contribution in [1.82, 2.24) is 9.55 Å². The van der Waals surface area contributed by atoms with Gasteiger partial charge in [-0.15, -0.1) is 0 Å². The lowest BCUT2D eigenvalue weighted by Gasteiger charge is -2.41. The molecule has 9 N–H and O–H groups in total. The Bertz CT molecular complexity index is 2020. The maximum atomic E-state index is 13.4. The van der Waals surface area contributed by atoms with E-state index >= 15 is 0 Å². The van der Waals surface area contributed by atoms with Gasteiger partial charge in [-0.2, -0.15) is 9.29 Å². The van der Waals surface area contributed by atoms with Gasteiger partial charge in [0.15, 0.2) is 6.10 Å². The molecule has 0 radical (unpaired) electrons. The van der Waals surface area contributed by atoms with Crippen molar-refractivity contribution in [1.29, 1.82) is 0 Å². The largest absolute Gasteiger partial charge is 0.481 e. The first-order valence-corrected chi connectivity index (χ1v) is 30.2. The van der Waals surface area contributed by atoms with E-state index in [2.05, 4.69) is 40.5 Å². The number of esters is 2. The molecule has 2 saturated heterocycles. The number of cyclic esters (lactones) is 1. The standard InChI is InChI=1S/C52H89N3O18P2/c1-3-5-7-8-9-10-11-12-13-14-15-16-17-18-19-20-25-29-47(59)68-36-40-37-69-74(64,65)73-75(66,67)70-38-45-50(62)49(61)41(32-31-39(56)27-23-6-4-2)43(57)35-44(58)42(28-24-21-22-26-30-48(60)71-40)51(72-45)55-34-33-46(53)54-52(55)63/h9-10,12-13,31-34,39-45,49-51,56-58,61-62H,3-8,11,14-30,35-38H2,1-2H3,(H,64,65)(H,66,67)(H2,53,54,63)/b10-9-,13-12-,32-31-/t39-,40+,41-,42-,43+,44-,45+,49-,50+,51+/m0/s1. The van der Waals surface area contributed by atoms with E-state index < -0.39 is 120 Å². The molecular formula is C52H89N3O18P2. The van der Waals surface area contributed by atoms with Gasteiger partial charge in [0.2, 0.25) is 0 Å². The average molecular weight is 1110 g/mol. The molecule has 0 saturated carbocycles. The molecule has 2 fully saturated rings. The number of nitrogens with two attached hydrogens (primary N) is 1. The van der Waals surface area contributed by atoms with Gasteiger partial charge < -0.3 is 55.3 Å². The summed E-state index contributed by atoms with van der Waals surface area (Å²) in [6, 6.07) is 1.26. The zero-order valence-corrected chi connectivity index (χ0v) is 46.0. The molecule has 3 heterocycles. The van der Waals surface area contributed by atoms with Crippen LogP contribution < -0.4 is 11.4 Å². The van der Waals surface area contributed by atoms with Gasteiger partial charge in [-0.1, -0.05) is 134 Å². The van der Waals surface area contributed by atoms with E-state index in [4.69, 9.17) is 29.0 Å². The van der Waals surface area contributed by atoms with Crippen molar-refractivity contribution in [2.75, 3.05) is 25.6 Å². The smallest absolute Gasteiger partial charge is 0.462 e. The van der Waals surface area contributed by atoms with Crippen molar-refractivity contribution in [3.8, 4) is 0 Å². The van der Waals surface area contributed by atoms with Gasteiger partial charge >= 0.3 is 33.3 Å². The molecule has 21 nitrogen and oxygen atoms in total. The third kappa shape index (κ3) is 27.3. The van der Waals surface area contributed by atoms with Gasteiger partial charge in [0.25, 0.3) is 0 Å². The average Bonchev–Trinajstić information content (AvgIpc) is 3.35. The van der Waals surface area contributed by atoms with Gasteiger partial charge in [0.1, 0.15) is 30.9 Å². The highest BCUT2D eigenvalue weighted by molar-refractivity contribution is 7.61. The lowest BCUT2D eigenvalue weighted by Crippen LogP contribution is -2.52. The summed E-state index contributed by atoms with van der Waals surface area (Å²) in [6.45, 7) is 1.53. The van der Waals surface area contributed by atoms with Crippen molar-refractivity contribution in [3.05, 3.63) is 59.2 Å². The van der Waals surface area contributed by atoms with Gasteiger partial charge in [-0.25, -0.2) is 13.9 Å². The Morgan fingerprint density at radius 2 is 1.45 bits per heavy atom. The highest BCUT2D eigenvalue weighted by Gasteiger charge is 2.45. The number of rotatable bonds is 25. The molecule has 75 heavy (non-hydrogen) atoms. The molecule has 0 amide bonds. The van der Waals surface area contributed by atoms with Gasteiger partial charge in [0, 0.05) is 37.3 Å². The maximum Gasteiger partial charge on any atom is 0.481 e. The normalized spacial score (nSPS) is 29.9. The molecular weight excluding hydrogens is 1020 g/mol. The maximum absolute atomic E-state index is 13.4. The molecule has 2 unspecified atom stereocenters. The highest BCUT2D eigenvalue weighted by Crippen LogP contribution is 2.60. The number of aromatic nitrogens is 2. The second kappa shape index (κ2) is 36.9. The number of fused-ring (bicyclic) bond motifs is 3. The number of aliphatic hydroxyl groups excluding tert-OH is 5. The Balaban J connectivity index is 1.71. The fourth-order valence-corrected chi connectivity index (χ4v) is 11.1. The topological polar surface area (TPSA) is 326 Å². The van der Waals surface area contributed by atoms with Crippen LogP contribution in [0.3, 0.4) is 0 Å². The molecule has 2 aliphatic rings. The number of aliphatic hydroxyl groups is 5. The van der Waals surface area contributed by atoms with Crippen LogP contribution >= 0.6 is 15.6 Å². The number of carbonyl (C=O) groups excluding carboxylic acids is 2. The van der Waals surface area contributed by atoms with Crippen molar-refractivity contribution < 1.29 is 81.6 Å². The third-order valence-corrected chi connectivity index (χ3v) is 15.9. The summed E-state index contributed by atoms with van der Waals surface area (Å²) in [4.78, 5) is 64.3. The lowest BCUT2D eigenvalue weighted by atomic mass is 9.82. The zero-order chi connectivity index (χ0) is 55.1. The van der Waals surface area contributed by atoms with E-state index in [1.807, 2.05) is 6.92 Å². The summed E-state index contributed by atoms with van der Waals surface area (Å²) in [5.74, 6) is -3.98. The minimum Gasteiger partial charge on any atom is -0.462 e. The highest BCUT2D eigenvalue weighted by atomic mass is 31.3. The monoisotopic (exact) mass is 1110 g/mol. The molecule has 0 aromatic carbocycles. The zero-order valence-electron chi connectivity index (χ0n) is 44.2. The molecule has 2 bridgehead atoms. The summed E-state index contributed by atoms with van der Waals surface area (Å²) in [7, 11) is -11.3. The number of ether oxygens (including phenoxy) is 3. The van der Waals surface area contributed by atoms with Crippen LogP contribution in [-0.4, -0.2) is 119 Å². The number of phosphoric acid groups is 2. The van der Waals surface area contributed by atoms with E-state index in [9.17, 15) is 58.8 Å². The fourth-order valence-electron chi connectivity index (χ4n) is 8.95. The first kappa shape index (κ1) is 66.1. The van der Waals surface area contributed by atoms with E-state index in [0.717, 1.165) is 75.2 Å². The first-order chi connectivity index (χ1) is 35.9. The second-order valence-corrected chi connectivity index (χ2v) is 22.7. The summed E-state index contributed by atoms with van der Waals surface area (Å²) in [5.41, 5.74) is 4.81. The summed E-state index contributed by atoms with van der Waals surface area (Å²) in [5, 5.41) is 57.5. The number of unbranched alkanes of at least 4 members (excludes halogenated alkanes) is 12. The Morgan fingerprint density at radius 3 is 2.13 bits per heavy atom. The number of hydrogen-bond acceptors (Lipinski definition) is 18. The van der Waals surface area contributed by atoms with Gasteiger partial charge in [0.05, 0.1) is 37.6 Å². The summed E-state index contributed by atoms with van der Waals surface area (Å²) in [6.07, 6.45) is 17.3. The summed E-state index contributed by atoms with van der Waals surface area (Å²) < 4.78 is 59.2.